The maximum absolute atomic E-state index is 11.9. The van der Waals surface area contributed by atoms with Gasteiger partial charge in [-0.3, -0.25) is 0 Å². The van der Waals surface area contributed by atoms with Crippen LogP contribution in [-0.4, -0.2) is 48.6 Å². The number of thiazole rings is 1. The Labute approximate surface area is 129 Å². The molecule has 0 aliphatic rings. The lowest BCUT2D eigenvalue weighted by Gasteiger charge is -2.19. The van der Waals surface area contributed by atoms with Crippen molar-refractivity contribution in [3.63, 3.8) is 0 Å². The van der Waals surface area contributed by atoms with E-state index in [2.05, 4.69) is 28.9 Å². The quantitative estimate of drug-likeness (QED) is 0.816. The summed E-state index contributed by atoms with van der Waals surface area (Å²) in [6, 6.07) is -0.955. The summed E-state index contributed by atoms with van der Waals surface area (Å²) >= 11 is 1.64. The third-order valence-corrected chi connectivity index (χ3v) is 4.20. The number of methoxy groups -OCH3 is 1. The Morgan fingerprint density at radius 1 is 1.43 bits per heavy atom. The largest absolute Gasteiger partial charge is 0.467 e. The van der Waals surface area contributed by atoms with Crippen molar-refractivity contribution in [2.45, 2.75) is 39.2 Å². The molecule has 7 heteroatoms. The van der Waals surface area contributed by atoms with Crippen molar-refractivity contribution in [2.75, 3.05) is 20.7 Å². The Balaban J connectivity index is 2.43. The number of ether oxygens (including phenoxy) is 1. The topological polar surface area (TPSA) is 71.5 Å². The summed E-state index contributed by atoms with van der Waals surface area (Å²) in [7, 11) is 2.98. The monoisotopic (exact) mass is 313 g/mol. The van der Waals surface area contributed by atoms with Crippen LogP contribution in [0.3, 0.4) is 0 Å². The molecule has 21 heavy (non-hydrogen) atoms. The maximum atomic E-state index is 11.9. The fraction of sp³-hybridized carbons (Fsp3) is 0.643. The Kier molecular flexibility index (Phi) is 6.61. The van der Waals surface area contributed by atoms with Crippen LogP contribution in [-0.2, 0) is 16.0 Å². The first-order valence-electron chi connectivity index (χ1n) is 6.89. The molecule has 118 valence electrons. The van der Waals surface area contributed by atoms with Crippen LogP contribution in [0.25, 0.3) is 0 Å². The molecule has 2 amide bonds. The highest BCUT2D eigenvalue weighted by molar-refractivity contribution is 7.09. The second kappa shape index (κ2) is 7.97. The number of likely N-dealkylation sites (N-methyl/N-ethyl adjacent to an activating group) is 1. The molecule has 1 heterocycles. The van der Waals surface area contributed by atoms with Gasteiger partial charge in [-0.05, 0) is 6.92 Å². The number of amides is 2. The van der Waals surface area contributed by atoms with Crippen LogP contribution < -0.4 is 5.32 Å². The molecule has 1 aromatic rings. The first-order valence-corrected chi connectivity index (χ1v) is 7.76. The van der Waals surface area contributed by atoms with E-state index in [0.717, 1.165) is 10.7 Å². The van der Waals surface area contributed by atoms with E-state index in [-0.39, 0.29) is 6.03 Å². The molecule has 0 radical (unpaired) electrons. The molecule has 6 nitrogen and oxygen atoms in total. The van der Waals surface area contributed by atoms with E-state index in [1.165, 1.54) is 12.0 Å². The van der Waals surface area contributed by atoms with Crippen LogP contribution in [0.2, 0.25) is 0 Å². The lowest BCUT2D eigenvalue weighted by Crippen LogP contribution is -2.46. The lowest BCUT2D eigenvalue weighted by atomic mass is 10.2. The molecule has 0 unspecified atom stereocenters. The molecule has 1 rings (SSSR count). The molecule has 0 aliphatic heterocycles. The third kappa shape index (κ3) is 5.34. The number of nitrogens with one attached hydrogen (secondary N) is 1. The highest BCUT2D eigenvalue weighted by atomic mass is 32.1. The molecule has 1 aromatic heterocycles. The van der Waals surface area contributed by atoms with Gasteiger partial charge in [0.25, 0.3) is 0 Å². The summed E-state index contributed by atoms with van der Waals surface area (Å²) in [6.07, 6.45) is 0.694. The number of carbonyl (C=O) groups is 2. The highest BCUT2D eigenvalue weighted by Gasteiger charge is 2.18. The standard InChI is InChI=1S/C14H23N3O3S/c1-9(2)12-16-11(8-21-12)6-7-17(4)14(19)15-10(3)13(18)20-5/h8-10H,6-7H2,1-5H3,(H,15,19)/t10-/m0/s1. The van der Waals surface area contributed by atoms with Crippen LogP contribution in [0.15, 0.2) is 5.38 Å². The number of hydrogen-bond donors (Lipinski definition) is 1. The molecule has 1 atom stereocenters. The van der Waals surface area contributed by atoms with E-state index in [0.29, 0.717) is 18.9 Å². The van der Waals surface area contributed by atoms with Gasteiger partial charge in [-0.25, -0.2) is 14.6 Å². The molecule has 0 aliphatic carbocycles. The molecule has 0 saturated carbocycles. The van der Waals surface area contributed by atoms with Gasteiger partial charge in [0.05, 0.1) is 17.8 Å². The zero-order valence-electron chi connectivity index (χ0n) is 13.2. The van der Waals surface area contributed by atoms with Gasteiger partial charge < -0.3 is 15.0 Å². The SMILES string of the molecule is COC(=O)[C@H](C)NC(=O)N(C)CCc1csc(C(C)C)n1. The van der Waals surface area contributed by atoms with Crippen molar-refractivity contribution in [3.05, 3.63) is 16.1 Å². The Morgan fingerprint density at radius 2 is 2.10 bits per heavy atom. The number of hydrogen-bond acceptors (Lipinski definition) is 5. The van der Waals surface area contributed by atoms with Gasteiger partial charge in [0.1, 0.15) is 6.04 Å². The number of rotatable bonds is 6. The molecule has 0 saturated heterocycles. The minimum atomic E-state index is -0.656. The van der Waals surface area contributed by atoms with E-state index in [1.807, 2.05) is 5.38 Å². The highest BCUT2D eigenvalue weighted by Crippen LogP contribution is 2.19. The third-order valence-electron chi connectivity index (χ3n) is 3.01. The van der Waals surface area contributed by atoms with E-state index in [9.17, 15) is 9.59 Å². The van der Waals surface area contributed by atoms with Gasteiger partial charge in [0.2, 0.25) is 0 Å². The van der Waals surface area contributed by atoms with Crippen molar-refractivity contribution in [1.82, 2.24) is 15.2 Å². The molecular weight excluding hydrogens is 290 g/mol. The summed E-state index contributed by atoms with van der Waals surface area (Å²) < 4.78 is 4.57. The number of aromatic nitrogens is 1. The van der Waals surface area contributed by atoms with Gasteiger partial charge >= 0.3 is 12.0 Å². The fourth-order valence-electron chi connectivity index (χ4n) is 1.62. The zero-order valence-corrected chi connectivity index (χ0v) is 14.0. The van der Waals surface area contributed by atoms with Crippen LogP contribution in [0.1, 0.15) is 37.4 Å². The van der Waals surface area contributed by atoms with Gasteiger partial charge in [-0.15, -0.1) is 11.3 Å². The lowest BCUT2D eigenvalue weighted by molar-refractivity contribution is -0.142. The summed E-state index contributed by atoms with van der Waals surface area (Å²) in [4.78, 5) is 29.2. The van der Waals surface area contributed by atoms with E-state index in [4.69, 9.17) is 0 Å². The molecule has 1 N–H and O–H groups in total. The van der Waals surface area contributed by atoms with Crippen molar-refractivity contribution in [1.29, 1.82) is 0 Å². The summed E-state index contributed by atoms with van der Waals surface area (Å²) in [5.41, 5.74) is 0.990. The van der Waals surface area contributed by atoms with Gasteiger partial charge in [-0.2, -0.15) is 0 Å². The first kappa shape index (κ1) is 17.4. The average Bonchev–Trinajstić information content (AvgIpc) is 2.92. The predicted molar refractivity (Wildman–Crippen MR) is 82.5 cm³/mol. The zero-order chi connectivity index (χ0) is 16.0. The van der Waals surface area contributed by atoms with Crippen LogP contribution in [0, 0.1) is 0 Å². The van der Waals surface area contributed by atoms with Crippen LogP contribution >= 0.6 is 11.3 Å². The minimum absolute atomic E-state index is 0.299. The Hall–Kier alpha value is -1.63. The summed E-state index contributed by atoms with van der Waals surface area (Å²) in [6.45, 7) is 6.35. The average molecular weight is 313 g/mol. The van der Waals surface area contributed by atoms with Gasteiger partial charge in [0, 0.05) is 31.3 Å². The van der Waals surface area contributed by atoms with Crippen molar-refractivity contribution < 1.29 is 14.3 Å². The van der Waals surface area contributed by atoms with E-state index >= 15 is 0 Å². The molecule has 0 aromatic carbocycles. The van der Waals surface area contributed by atoms with E-state index < -0.39 is 12.0 Å². The van der Waals surface area contributed by atoms with Crippen molar-refractivity contribution >= 4 is 23.3 Å². The summed E-state index contributed by atoms with van der Waals surface area (Å²) in [5, 5.41) is 5.72. The Morgan fingerprint density at radius 3 is 2.62 bits per heavy atom. The van der Waals surface area contributed by atoms with E-state index in [1.54, 1.807) is 25.3 Å². The first-order chi connectivity index (χ1) is 9.85. The smallest absolute Gasteiger partial charge is 0.328 e. The number of urea groups is 1. The fourth-order valence-corrected chi connectivity index (χ4v) is 2.49. The second-order valence-electron chi connectivity index (χ2n) is 5.20. The number of nitrogens with zero attached hydrogens (tertiary/aromatic N) is 2. The predicted octanol–water partition coefficient (Wildman–Crippen LogP) is 2.01. The summed E-state index contributed by atoms with van der Waals surface area (Å²) in [5.74, 6) is -0.0384. The van der Waals surface area contributed by atoms with Gasteiger partial charge in [0.15, 0.2) is 0 Å². The van der Waals surface area contributed by atoms with Crippen molar-refractivity contribution in [3.8, 4) is 0 Å². The van der Waals surface area contributed by atoms with Crippen LogP contribution in [0.4, 0.5) is 4.79 Å². The second-order valence-corrected chi connectivity index (χ2v) is 6.09. The van der Waals surface area contributed by atoms with Crippen molar-refractivity contribution in [2.24, 2.45) is 0 Å². The maximum Gasteiger partial charge on any atom is 0.328 e. The molecule has 0 bridgehead atoms. The van der Waals surface area contributed by atoms with Gasteiger partial charge in [-0.1, -0.05) is 13.8 Å². The normalized spacial score (nSPS) is 12.1. The molecular formula is C14H23N3O3S. The minimum Gasteiger partial charge on any atom is -0.467 e. The number of carbonyl (C=O) groups excluding carboxylic acids is 2. The Bertz CT molecular complexity index is 488. The number of esters is 1. The molecule has 0 spiro atoms. The molecule has 0 fully saturated rings. The van der Waals surface area contributed by atoms with Crippen LogP contribution in [0.5, 0.6) is 0 Å².